The van der Waals surface area contributed by atoms with Crippen LogP contribution in [0.5, 0.6) is 5.75 Å². The highest BCUT2D eigenvalue weighted by molar-refractivity contribution is 6.30. The lowest BCUT2D eigenvalue weighted by atomic mass is 10.0. The monoisotopic (exact) mass is 299 g/mol. The van der Waals surface area contributed by atoms with Crippen LogP contribution in [0.15, 0.2) is 18.2 Å². The minimum absolute atomic E-state index is 0.142. The molecule has 110 valence electrons. The van der Waals surface area contributed by atoms with Crippen LogP contribution in [-0.2, 0) is 16.1 Å². The van der Waals surface area contributed by atoms with Gasteiger partial charge in [0.15, 0.2) is 0 Å². The number of carboxylic acids is 1. The van der Waals surface area contributed by atoms with E-state index < -0.39 is 11.9 Å². The summed E-state index contributed by atoms with van der Waals surface area (Å²) in [5.74, 6) is -0.574. The molecule has 0 aromatic heterocycles. The van der Waals surface area contributed by atoms with Gasteiger partial charge >= 0.3 is 5.97 Å². The van der Waals surface area contributed by atoms with E-state index in [-0.39, 0.29) is 12.6 Å². The predicted molar refractivity (Wildman–Crippen MR) is 75.2 cm³/mol. The zero-order valence-corrected chi connectivity index (χ0v) is 12.3. The Bertz CT molecular complexity index is 494. The fourth-order valence-electron chi connectivity index (χ4n) is 2.47. The number of carbonyl (C=O) groups is 1. The van der Waals surface area contributed by atoms with Gasteiger partial charge in [-0.05, 0) is 25.2 Å². The quantitative estimate of drug-likeness (QED) is 0.899. The third-order valence-corrected chi connectivity index (χ3v) is 3.83. The molecule has 0 amide bonds. The average Bonchev–Trinajstić information content (AvgIpc) is 2.88. The first-order chi connectivity index (χ1) is 9.52. The zero-order valence-electron chi connectivity index (χ0n) is 11.5. The van der Waals surface area contributed by atoms with Crippen molar-refractivity contribution in [2.75, 3.05) is 27.4 Å². The smallest absolute Gasteiger partial charge is 0.310 e. The van der Waals surface area contributed by atoms with Gasteiger partial charge < -0.3 is 14.6 Å². The summed E-state index contributed by atoms with van der Waals surface area (Å²) in [6.07, 6.45) is 0. The van der Waals surface area contributed by atoms with Crippen molar-refractivity contribution < 1.29 is 19.4 Å². The predicted octanol–water partition coefficient (Wildman–Crippen LogP) is 1.88. The second-order valence-electron chi connectivity index (χ2n) is 4.92. The maximum Gasteiger partial charge on any atom is 0.310 e. The van der Waals surface area contributed by atoms with Gasteiger partial charge in [-0.2, -0.15) is 0 Å². The van der Waals surface area contributed by atoms with Crippen LogP contribution in [-0.4, -0.2) is 49.4 Å². The Morgan fingerprint density at radius 2 is 2.30 bits per heavy atom. The van der Waals surface area contributed by atoms with Gasteiger partial charge in [-0.1, -0.05) is 11.6 Å². The number of methoxy groups -OCH3 is 1. The van der Waals surface area contributed by atoms with Crippen LogP contribution in [0.2, 0.25) is 5.02 Å². The maximum absolute atomic E-state index is 11.2. The third kappa shape index (κ3) is 3.23. The van der Waals surface area contributed by atoms with Crippen molar-refractivity contribution in [1.82, 2.24) is 4.90 Å². The lowest BCUT2D eigenvalue weighted by molar-refractivity contribution is -0.143. The van der Waals surface area contributed by atoms with Gasteiger partial charge in [0.1, 0.15) is 5.75 Å². The summed E-state index contributed by atoms with van der Waals surface area (Å²) >= 11 is 6.00. The van der Waals surface area contributed by atoms with Gasteiger partial charge in [-0.15, -0.1) is 0 Å². The van der Waals surface area contributed by atoms with Crippen molar-refractivity contribution in [3.63, 3.8) is 0 Å². The summed E-state index contributed by atoms with van der Waals surface area (Å²) in [5.41, 5.74) is 0.929. The molecule has 2 atom stereocenters. The van der Waals surface area contributed by atoms with E-state index in [9.17, 15) is 9.90 Å². The van der Waals surface area contributed by atoms with Gasteiger partial charge in [-0.3, -0.25) is 9.69 Å². The molecule has 1 saturated heterocycles. The van der Waals surface area contributed by atoms with Crippen LogP contribution in [0.1, 0.15) is 5.56 Å². The molecule has 0 aliphatic carbocycles. The molecule has 20 heavy (non-hydrogen) atoms. The Morgan fingerprint density at radius 3 is 2.95 bits per heavy atom. The Labute approximate surface area is 123 Å². The first-order valence-electron chi connectivity index (χ1n) is 6.36. The van der Waals surface area contributed by atoms with Crippen LogP contribution in [0.25, 0.3) is 0 Å². The highest BCUT2D eigenvalue weighted by Gasteiger charge is 2.36. The molecule has 1 aliphatic heterocycles. The fourth-order valence-corrected chi connectivity index (χ4v) is 2.66. The SMILES string of the molecule is COc1ccc(Cl)cc1CN(C)C1COCC1C(=O)O. The van der Waals surface area contributed by atoms with Gasteiger partial charge in [0.05, 0.1) is 26.2 Å². The second kappa shape index (κ2) is 6.43. The molecular formula is C14H18ClNO4. The first kappa shape index (κ1) is 15.1. The van der Waals surface area contributed by atoms with Gasteiger partial charge in [-0.25, -0.2) is 0 Å². The summed E-state index contributed by atoms with van der Waals surface area (Å²) in [6.45, 7) is 1.24. The summed E-state index contributed by atoms with van der Waals surface area (Å²) < 4.78 is 10.6. The number of hydrogen-bond donors (Lipinski definition) is 1. The lowest BCUT2D eigenvalue weighted by Gasteiger charge is -2.26. The normalized spacial score (nSPS) is 22.2. The molecule has 1 aromatic carbocycles. The minimum atomic E-state index is -0.822. The Hall–Kier alpha value is -1.30. The summed E-state index contributed by atoms with van der Waals surface area (Å²) in [4.78, 5) is 13.2. The number of nitrogens with zero attached hydrogens (tertiary/aromatic N) is 1. The summed E-state index contributed by atoms with van der Waals surface area (Å²) in [6, 6.07) is 5.27. The van der Waals surface area contributed by atoms with Crippen molar-refractivity contribution in [3.05, 3.63) is 28.8 Å². The van der Waals surface area contributed by atoms with E-state index in [2.05, 4.69) is 0 Å². The number of halogens is 1. The van der Waals surface area contributed by atoms with Gasteiger partial charge in [0.2, 0.25) is 0 Å². The van der Waals surface area contributed by atoms with Gasteiger partial charge in [0, 0.05) is 23.2 Å². The van der Waals surface area contributed by atoms with Crippen LogP contribution in [0.4, 0.5) is 0 Å². The van der Waals surface area contributed by atoms with Crippen molar-refractivity contribution in [2.45, 2.75) is 12.6 Å². The molecule has 6 heteroatoms. The van der Waals surface area contributed by atoms with E-state index >= 15 is 0 Å². The first-order valence-corrected chi connectivity index (χ1v) is 6.74. The molecule has 2 unspecified atom stereocenters. The fraction of sp³-hybridized carbons (Fsp3) is 0.500. The topological polar surface area (TPSA) is 59.0 Å². The molecular weight excluding hydrogens is 282 g/mol. The summed E-state index contributed by atoms with van der Waals surface area (Å²) in [7, 11) is 3.49. The largest absolute Gasteiger partial charge is 0.496 e. The molecule has 2 rings (SSSR count). The maximum atomic E-state index is 11.2. The Morgan fingerprint density at radius 1 is 1.55 bits per heavy atom. The zero-order chi connectivity index (χ0) is 14.7. The van der Waals surface area contributed by atoms with Gasteiger partial charge in [0.25, 0.3) is 0 Å². The standard InChI is InChI=1S/C14H18ClNO4/c1-16(12-8-20-7-11(12)14(17)18)6-9-5-10(15)3-4-13(9)19-2/h3-5,11-12H,6-8H2,1-2H3,(H,17,18). The number of hydrogen-bond acceptors (Lipinski definition) is 4. The molecule has 1 fully saturated rings. The number of likely N-dealkylation sites (N-methyl/N-ethyl adjacent to an activating group) is 1. The van der Waals surface area contributed by atoms with Crippen molar-refractivity contribution in [3.8, 4) is 5.75 Å². The molecule has 5 nitrogen and oxygen atoms in total. The second-order valence-corrected chi connectivity index (χ2v) is 5.36. The van der Waals surface area contributed by atoms with Crippen LogP contribution < -0.4 is 4.74 Å². The molecule has 0 spiro atoms. The summed E-state index contributed by atoms with van der Waals surface area (Å²) in [5, 5.41) is 9.82. The molecule has 1 N–H and O–H groups in total. The van der Waals surface area contributed by atoms with Crippen LogP contribution >= 0.6 is 11.6 Å². The number of benzene rings is 1. The van der Waals surface area contributed by atoms with E-state index in [4.69, 9.17) is 21.1 Å². The molecule has 1 heterocycles. The third-order valence-electron chi connectivity index (χ3n) is 3.60. The van der Waals surface area contributed by atoms with E-state index in [1.807, 2.05) is 24.1 Å². The molecule has 0 bridgehead atoms. The number of rotatable bonds is 5. The highest BCUT2D eigenvalue weighted by atomic mass is 35.5. The Balaban J connectivity index is 2.13. The van der Waals surface area contributed by atoms with Crippen molar-refractivity contribution in [2.24, 2.45) is 5.92 Å². The Kier molecular flexibility index (Phi) is 4.86. The van der Waals surface area contributed by atoms with E-state index in [0.29, 0.717) is 18.2 Å². The minimum Gasteiger partial charge on any atom is -0.496 e. The average molecular weight is 300 g/mol. The van der Waals surface area contributed by atoms with Crippen LogP contribution in [0.3, 0.4) is 0 Å². The van der Waals surface area contributed by atoms with E-state index in [1.165, 1.54) is 0 Å². The number of ether oxygens (including phenoxy) is 2. The van der Waals surface area contributed by atoms with E-state index in [1.54, 1.807) is 13.2 Å². The molecule has 1 aliphatic rings. The lowest BCUT2D eigenvalue weighted by Crippen LogP contribution is -2.40. The molecule has 0 radical (unpaired) electrons. The van der Waals surface area contributed by atoms with Crippen molar-refractivity contribution in [1.29, 1.82) is 0 Å². The van der Waals surface area contributed by atoms with E-state index in [0.717, 1.165) is 11.3 Å². The molecule has 0 saturated carbocycles. The van der Waals surface area contributed by atoms with Crippen LogP contribution in [0, 0.1) is 5.92 Å². The number of aliphatic carboxylic acids is 1. The number of carboxylic acid groups (broad SMARTS) is 1. The highest BCUT2D eigenvalue weighted by Crippen LogP contribution is 2.26. The molecule has 1 aromatic rings. The van der Waals surface area contributed by atoms with Crippen molar-refractivity contribution >= 4 is 17.6 Å².